The average molecular weight is 501 g/mol. The van der Waals surface area contributed by atoms with Gasteiger partial charge in [-0.3, -0.25) is 0 Å². The molecule has 0 saturated carbocycles. The van der Waals surface area contributed by atoms with Crippen LogP contribution in [0.2, 0.25) is 0 Å². The van der Waals surface area contributed by atoms with Gasteiger partial charge in [0.1, 0.15) is 11.5 Å². The number of primary amides is 2. The molecule has 0 atom stereocenters. The third-order valence-electron chi connectivity index (χ3n) is 5.83. The number of phenols is 2. The van der Waals surface area contributed by atoms with Gasteiger partial charge in [-0.15, -0.1) is 0 Å². The zero-order valence-electron chi connectivity index (χ0n) is 20.8. The van der Waals surface area contributed by atoms with Crippen LogP contribution in [0.5, 0.6) is 11.5 Å². The molecule has 0 heterocycles. The van der Waals surface area contributed by atoms with Gasteiger partial charge in [0.2, 0.25) is 0 Å². The summed E-state index contributed by atoms with van der Waals surface area (Å²) in [6, 6.07) is 9.62. The van der Waals surface area contributed by atoms with Crippen LogP contribution in [-0.2, 0) is 25.9 Å². The van der Waals surface area contributed by atoms with Gasteiger partial charge in [-0.2, -0.15) is 0 Å². The van der Waals surface area contributed by atoms with Crippen LogP contribution >= 0.6 is 0 Å². The molecular weight excluding hydrogens is 460 g/mol. The number of carbonyl (C=O) groups excluding carboxylic acids is 2. The van der Waals surface area contributed by atoms with E-state index in [1.165, 1.54) is 12.8 Å². The van der Waals surface area contributed by atoms with Crippen molar-refractivity contribution in [3.8, 4) is 11.5 Å². The van der Waals surface area contributed by atoms with Crippen LogP contribution < -0.4 is 32.7 Å². The van der Waals surface area contributed by atoms with Crippen molar-refractivity contribution in [2.24, 2.45) is 11.5 Å². The number of unbranched alkanes of at least 4 members (excludes halogenated alkanes) is 3. The van der Waals surface area contributed by atoms with Crippen molar-refractivity contribution in [2.75, 3.05) is 26.2 Å². The molecule has 2 rings (SSSR count). The van der Waals surface area contributed by atoms with Crippen molar-refractivity contribution < 1.29 is 19.8 Å². The van der Waals surface area contributed by atoms with E-state index >= 15 is 0 Å². The molecule has 0 radical (unpaired) electrons. The molecule has 10 N–H and O–H groups in total. The van der Waals surface area contributed by atoms with Crippen LogP contribution in [0.15, 0.2) is 36.4 Å². The fourth-order valence-corrected chi connectivity index (χ4v) is 3.81. The zero-order valence-corrected chi connectivity index (χ0v) is 20.8. The first kappa shape index (κ1) is 28.7. The summed E-state index contributed by atoms with van der Waals surface area (Å²) < 4.78 is 0. The van der Waals surface area contributed by atoms with Crippen LogP contribution in [0.25, 0.3) is 0 Å². The monoisotopic (exact) mass is 500 g/mol. The molecule has 10 nitrogen and oxygen atoms in total. The average Bonchev–Trinajstić information content (AvgIpc) is 2.84. The van der Waals surface area contributed by atoms with E-state index in [9.17, 15) is 19.8 Å². The predicted molar refractivity (Wildman–Crippen MR) is 141 cm³/mol. The van der Waals surface area contributed by atoms with Crippen molar-refractivity contribution in [3.05, 3.63) is 58.7 Å². The molecule has 0 aromatic heterocycles. The Bertz CT molecular complexity index is 892. The molecule has 4 amide bonds. The lowest BCUT2D eigenvalue weighted by atomic mass is 10.1. The van der Waals surface area contributed by atoms with E-state index in [1.807, 2.05) is 24.3 Å². The zero-order chi connectivity index (χ0) is 26.2. The first-order valence-electron chi connectivity index (χ1n) is 12.4. The van der Waals surface area contributed by atoms with E-state index in [0.29, 0.717) is 11.1 Å². The molecule has 0 unspecified atom stereocenters. The number of carbonyl (C=O) groups is 2. The highest BCUT2D eigenvalue weighted by atomic mass is 16.3. The highest BCUT2D eigenvalue weighted by molar-refractivity contribution is 5.72. The van der Waals surface area contributed by atoms with Gasteiger partial charge in [0.05, 0.1) is 0 Å². The fraction of sp³-hybridized carbons (Fsp3) is 0.462. The van der Waals surface area contributed by atoms with E-state index < -0.39 is 12.1 Å². The second-order valence-electron chi connectivity index (χ2n) is 8.78. The first-order valence-corrected chi connectivity index (χ1v) is 12.4. The fourth-order valence-electron chi connectivity index (χ4n) is 3.81. The third-order valence-corrected chi connectivity index (χ3v) is 5.83. The Labute approximate surface area is 212 Å². The Morgan fingerprint density at radius 3 is 1.44 bits per heavy atom. The summed E-state index contributed by atoms with van der Waals surface area (Å²) >= 11 is 0. The van der Waals surface area contributed by atoms with Crippen LogP contribution in [-0.4, -0.2) is 48.5 Å². The molecule has 36 heavy (non-hydrogen) atoms. The second-order valence-corrected chi connectivity index (χ2v) is 8.78. The summed E-state index contributed by atoms with van der Waals surface area (Å²) in [4.78, 5) is 21.7. The third kappa shape index (κ3) is 11.8. The number of phenolic OH excluding ortho intramolecular Hbond substituents is 2. The molecule has 0 spiro atoms. The Morgan fingerprint density at radius 2 is 1.06 bits per heavy atom. The summed E-state index contributed by atoms with van der Waals surface area (Å²) in [6.45, 7) is 4.07. The maximum absolute atomic E-state index is 10.9. The van der Waals surface area contributed by atoms with E-state index in [2.05, 4.69) is 21.3 Å². The summed E-state index contributed by atoms with van der Waals surface area (Å²) in [5.41, 5.74) is 13.7. The number of rotatable bonds is 17. The van der Waals surface area contributed by atoms with Gasteiger partial charge in [0.25, 0.3) is 0 Å². The lowest BCUT2D eigenvalue weighted by molar-refractivity contribution is 0.247. The van der Waals surface area contributed by atoms with Crippen molar-refractivity contribution >= 4 is 12.1 Å². The van der Waals surface area contributed by atoms with Gasteiger partial charge in [-0.1, -0.05) is 37.1 Å². The first-order chi connectivity index (χ1) is 17.3. The SMILES string of the molecule is NC(=O)NCc1cc(CCNCCCCCCNCCc2ccc(O)c(CNC(N)=O)c2)ccc1O. The number of hydrogen-bond donors (Lipinski definition) is 8. The smallest absolute Gasteiger partial charge is 0.312 e. The second kappa shape index (κ2) is 16.2. The maximum atomic E-state index is 10.9. The molecular formula is C26H40N6O4. The maximum Gasteiger partial charge on any atom is 0.312 e. The number of amides is 4. The predicted octanol–water partition coefficient (Wildman–Crippen LogP) is 1.96. The van der Waals surface area contributed by atoms with Crippen molar-refractivity contribution in [1.29, 1.82) is 0 Å². The molecule has 0 fully saturated rings. The molecule has 0 saturated heterocycles. The van der Waals surface area contributed by atoms with Crippen molar-refractivity contribution in [1.82, 2.24) is 21.3 Å². The van der Waals surface area contributed by atoms with Crippen LogP contribution in [0.1, 0.15) is 47.9 Å². The molecule has 2 aromatic carbocycles. The molecule has 0 aliphatic rings. The molecule has 2 aromatic rings. The van der Waals surface area contributed by atoms with Gasteiger partial charge in [-0.05, 0) is 75.1 Å². The van der Waals surface area contributed by atoms with Gasteiger partial charge < -0.3 is 42.9 Å². The van der Waals surface area contributed by atoms with Gasteiger partial charge >= 0.3 is 12.1 Å². The van der Waals surface area contributed by atoms with E-state index in [4.69, 9.17) is 11.5 Å². The number of nitrogens with two attached hydrogens (primary N) is 2. The minimum Gasteiger partial charge on any atom is -0.508 e. The van der Waals surface area contributed by atoms with Crippen molar-refractivity contribution in [3.63, 3.8) is 0 Å². The Morgan fingerprint density at radius 1 is 0.639 bits per heavy atom. The largest absolute Gasteiger partial charge is 0.508 e. The van der Waals surface area contributed by atoms with Crippen molar-refractivity contribution in [2.45, 2.75) is 51.6 Å². The van der Waals surface area contributed by atoms with E-state index in [1.54, 1.807) is 12.1 Å². The highest BCUT2D eigenvalue weighted by Crippen LogP contribution is 2.19. The van der Waals surface area contributed by atoms with Crippen LogP contribution in [0.3, 0.4) is 0 Å². The number of nitrogens with one attached hydrogen (secondary N) is 4. The Kier molecular flexibility index (Phi) is 12.9. The number of urea groups is 2. The summed E-state index contributed by atoms with van der Waals surface area (Å²) in [7, 11) is 0. The minimum atomic E-state index is -0.613. The summed E-state index contributed by atoms with van der Waals surface area (Å²) in [6.07, 6.45) is 6.28. The summed E-state index contributed by atoms with van der Waals surface area (Å²) in [5.74, 6) is 0.304. The number of hydrogen-bond acceptors (Lipinski definition) is 6. The van der Waals surface area contributed by atoms with Crippen LogP contribution in [0.4, 0.5) is 9.59 Å². The topological polar surface area (TPSA) is 175 Å². The number of benzene rings is 2. The minimum absolute atomic E-state index is 0.152. The van der Waals surface area contributed by atoms with Gasteiger partial charge in [-0.25, -0.2) is 9.59 Å². The van der Waals surface area contributed by atoms with Gasteiger partial charge in [0, 0.05) is 24.2 Å². The quantitative estimate of drug-likeness (QED) is 0.154. The Balaban J connectivity index is 1.48. The van der Waals surface area contributed by atoms with E-state index in [-0.39, 0.29) is 24.6 Å². The molecule has 10 heteroatoms. The molecule has 198 valence electrons. The molecule has 0 aliphatic carbocycles. The molecule has 0 bridgehead atoms. The standard InChI is InChI=1S/C26H40N6O4/c27-25(35)31-17-21-15-19(5-7-23(21)33)9-13-29-11-3-1-2-4-12-30-14-10-20-6-8-24(34)22(16-20)18-32-26(28)36/h5-8,15-16,29-30,33-34H,1-4,9-14,17-18H2,(H3,27,31,35)(H3,28,32,36). The van der Waals surface area contributed by atoms with E-state index in [0.717, 1.165) is 63.0 Å². The normalized spacial score (nSPS) is 10.8. The lowest BCUT2D eigenvalue weighted by Crippen LogP contribution is -2.28. The molecule has 0 aliphatic heterocycles. The Hall–Kier alpha value is -3.50. The lowest BCUT2D eigenvalue weighted by Gasteiger charge is -2.10. The summed E-state index contributed by atoms with van der Waals surface area (Å²) in [5, 5.41) is 31.7. The van der Waals surface area contributed by atoms with Crippen LogP contribution in [0, 0.1) is 0 Å². The highest BCUT2D eigenvalue weighted by Gasteiger charge is 2.05. The van der Waals surface area contributed by atoms with Gasteiger partial charge in [0.15, 0.2) is 0 Å². The number of aromatic hydroxyl groups is 2.